The largest absolute Gasteiger partial charge is 0.473 e. The highest BCUT2D eigenvalue weighted by atomic mass is 16.5. The number of amides is 1. The number of fused-ring (bicyclic) bond motifs is 1. The van der Waals surface area contributed by atoms with Crippen molar-refractivity contribution in [3.05, 3.63) is 36.7 Å². The van der Waals surface area contributed by atoms with Gasteiger partial charge in [-0.2, -0.15) is 0 Å². The van der Waals surface area contributed by atoms with Gasteiger partial charge in [0.2, 0.25) is 11.8 Å². The summed E-state index contributed by atoms with van der Waals surface area (Å²) in [7, 11) is 0. The van der Waals surface area contributed by atoms with Crippen LogP contribution >= 0.6 is 0 Å². The number of nitrogens with one attached hydrogen (secondary N) is 1. The summed E-state index contributed by atoms with van der Waals surface area (Å²) in [6, 6.07) is 11.9. The third-order valence-corrected chi connectivity index (χ3v) is 8.41. The van der Waals surface area contributed by atoms with Crippen LogP contribution in [0.3, 0.4) is 0 Å². The van der Waals surface area contributed by atoms with Crippen molar-refractivity contribution in [3.8, 4) is 17.1 Å². The van der Waals surface area contributed by atoms with Gasteiger partial charge in [-0.25, -0.2) is 9.97 Å². The van der Waals surface area contributed by atoms with Crippen molar-refractivity contribution >= 4 is 22.6 Å². The number of pyridine rings is 1. The van der Waals surface area contributed by atoms with E-state index in [1.807, 2.05) is 13.3 Å². The summed E-state index contributed by atoms with van der Waals surface area (Å²) in [4.78, 5) is 26.5. The van der Waals surface area contributed by atoms with E-state index in [0.717, 1.165) is 74.5 Å². The van der Waals surface area contributed by atoms with E-state index in [9.17, 15) is 4.79 Å². The Morgan fingerprint density at radius 1 is 1.08 bits per heavy atom. The smallest absolute Gasteiger partial charge is 0.241 e. The number of aromatic nitrogens is 3. The van der Waals surface area contributed by atoms with Crippen LogP contribution in [0, 0.1) is 5.92 Å². The van der Waals surface area contributed by atoms with Gasteiger partial charge in [-0.15, -0.1) is 0 Å². The average molecular weight is 503 g/mol. The van der Waals surface area contributed by atoms with E-state index in [1.165, 1.54) is 5.69 Å². The molecule has 1 N–H and O–H groups in total. The number of piperazine rings is 1. The van der Waals surface area contributed by atoms with Gasteiger partial charge in [-0.3, -0.25) is 9.69 Å². The summed E-state index contributed by atoms with van der Waals surface area (Å²) >= 11 is 0. The highest BCUT2D eigenvalue weighted by Crippen LogP contribution is 2.40. The van der Waals surface area contributed by atoms with E-state index < -0.39 is 0 Å². The molecule has 5 heterocycles. The number of benzene rings is 1. The average Bonchev–Trinajstić information content (AvgIpc) is 3.48. The molecule has 4 fully saturated rings. The van der Waals surface area contributed by atoms with Gasteiger partial charge in [-0.1, -0.05) is 12.1 Å². The van der Waals surface area contributed by atoms with Gasteiger partial charge in [0.05, 0.1) is 36.8 Å². The molecule has 2 aromatic heterocycles. The number of imidazole rings is 1. The van der Waals surface area contributed by atoms with Crippen LogP contribution in [0.15, 0.2) is 36.7 Å². The van der Waals surface area contributed by atoms with Crippen LogP contribution in [0.2, 0.25) is 0 Å². The maximum atomic E-state index is 11.8. The lowest BCUT2D eigenvalue weighted by Crippen LogP contribution is -2.56. The van der Waals surface area contributed by atoms with Gasteiger partial charge in [-0.05, 0) is 38.0 Å². The fraction of sp³-hybridized carbons (Fsp3) is 0.536. The minimum Gasteiger partial charge on any atom is -0.473 e. The minimum absolute atomic E-state index is 0.0916. The van der Waals surface area contributed by atoms with Gasteiger partial charge >= 0.3 is 0 Å². The zero-order valence-electron chi connectivity index (χ0n) is 21.3. The van der Waals surface area contributed by atoms with Gasteiger partial charge in [0.25, 0.3) is 0 Å². The maximum Gasteiger partial charge on any atom is 0.241 e. The fourth-order valence-corrected chi connectivity index (χ4v) is 5.74. The molecule has 2 atom stereocenters. The lowest BCUT2D eigenvalue weighted by Gasteiger charge is -2.43. The molecule has 4 aliphatic rings. The van der Waals surface area contributed by atoms with Crippen LogP contribution in [0.4, 0.5) is 5.69 Å². The van der Waals surface area contributed by atoms with E-state index in [-0.39, 0.29) is 17.9 Å². The molecule has 0 bridgehead atoms. The molecular weight excluding hydrogens is 468 g/mol. The Labute approximate surface area is 216 Å². The first-order valence-corrected chi connectivity index (χ1v) is 13.6. The third kappa shape index (κ3) is 4.44. The molecule has 1 amide bonds. The summed E-state index contributed by atoms with van der Waals surface area (Å²) in [5.74, 6) is 0.847. The molecule has 0 spiro atoms. The van der Waals surface area contributed by atoms with Gasteiger partial charge in [0, 0.05) is 62.4 Å². The molecule has 0 radical (unpaired) electrons. The van der Waals surface area contributed by atoms with Crippen molar-refractivity contribution in [1.82, 2.24) is 24.8 Å². The van der Waals surface area contributed by atoms with Crippen LogP contribution in [-0.4, -0.2) is 83.4 Å². The molecule has 7 rings (SSSR count). The molecule has 3 aromatic rings. The molecule has 3 saturated heterocycles. The van der Waals surface area contributed by atoms with Crippen molar-refractivity contribution in [3.63, 3.8) is 0 Å². The topological polar surface area (TPSA) is 84.8 Å². The molecule has 2 unspecified atom stereocenters. The molecular formula is C28H34N6O3. The monoisotopic (exact) mass is 502 g/mol. The molecule has 1 aromatic carbocycles. The quantitative estimate of drug-likeness (QED) is 0.532. The minimum atomic E-state index is -0.125. The van der Waals surface area contributed by atoms with Crippen LogP contribution in [0.5, 0.6) is 5.88 Å². The predicted molar refractivity (Wildman–Crippen MR) is 141 cm³/mol. The fourth-order valence-electron chi connectivity index (χ4n) is 5.74. The first-order valence-electron chi connectivity index (χ1n) is 13.6. The Hall–Kier alpha value is -3.17. The maximum absolute atomic E-state index is 11.8. The third-order valence-electron chi connectivity index (χ3n) is 8.41. The number of anilines is 1. The summed E-state index contributed by atoms with van der Waals surface area (Å²) in [6.45, 7) is 8.68. The number of nitrogens with zero attached hydrogens (tertiary/aromatic N) is 5. The Bertz CT molecular complexity index is 1290. The van der Waals surface area contributed by atoms with Crippen molar-refractivity contribution in [2.24, 2.45) is 5.92 Å². The number of ether oxygens (including phenoxy) is 2. The van der Waals surface area contributed by atoms with Crippen LogP contribution in [0.25, 0.3) is 22.3 Å². The Balaban J connectivity index is 1.13. The molecule has 194 valence electrons. The standard InChI is InChI=1S/C28H34N6O3/c1-18(20-12-26(35)29-14-20)37-28-27-25(30-17-34(27)22-6-7-22)13-24(31-28)19-2-4-21(5-3-19)32-8-10-33(11-9-32)23-15-36-16-23/h2-5,13,17-18,20,22-23H,6-12,14-16H2,1H3,(H,29,35). The van der Waals surface area contributed by atoms with E-state index in [1.54, 1.807) is 0 Å². The number of rotatable bonds is 7. The van der Waals surface area contributed by atoms with Crippen molar-refractivity contribution in [1.29, 1.82) is 0 Å². The second kappa shape index (κ2) is 9.29. The summed E-state index contributed by atoms with van der Waals surface area (Å²) in [6.07, 6.45) is 4.61. The second-order valence-corrected chi connectivity index (χ2v) is 10.9. The number of carbonyl (C=O) groups excluding carboxylic acids is 1. The first-order chi connectivity index (χ1) is 18.1. The summed E-state index contributed by atoms with van der Waals surface area (Å²) < 4.78 is 14.1. The van der Waals surface area contributed by atoms with E-state index in [4.69, 9.17) is 19.4 Å². The van der Waals surface area contributed by atoms with Crippen LogP contribution < -0.4 is 15.0 Å². The second-order valence-electron chi connectivity index (χ2n) is 10.9. The lowest BCUT2D eigenvalue weighted by molar-refractivity contribution is -0.119. The highest BCUT2D eigenvalue weighted by Gasteiger charge is 2.32. The number of hydrogen-bond acceptors (Lipinski definition) is 7. The van der Waals surface area contributed by atoms with Crippen LogP contribution in [-0.2, 0) is 9.53 Å². The van der Waals surface area contributed by atoms with E-state index in [0.29, 0.717) is 30.9 Å². The zero-order chi connectivity index (χ0) is 24.9. The number of hydrogen-bond donors (Lipinski definition) is 1. The van der Waals surface area contributed by atoms with Crippen LogP contribution in [0.1, 0.15) is 32.2 Å². The molecule has 1 aliphatic carbocycles. The van der Waals surface area contributed by atoms with Gasteiger partial charge < -0.3 is 24.3 Å². The zero-order valence-corrected chi connectivity index (χ0v) is 21.3. The van der Waals surface area contributed by atoms with Gasteiger partial charge in [0.1, 0.15) is 11.6 Å². The lowest BCUT2D eigenvalue weighted by atomic mass is 10.0. The van der Waals surface area contributed by atoms with Gasteiger partial charge in [0.15, 0.2) is 0 Å². The molecule has 9 heteroatoms. The molecule has 37 heavy (non-hydrogen) atoms. The molecule has 1 saturated carbocycles. The summed E-state index contributed by atoms with van der Waals surface area (Å²) in [5.41, 5.74) is 5.02. The van der Waals surface area contributed by atoms with E-state index >= 15 is 0 Å². The normalized spacial score (nSPS) is 23.8. The van der Waals surface area contributed by atoms with Crippen molar-refractivity contribution in [2.75, 3.05) is 50.8 Å². The molecule has 9 nitrogen and oxygen atoms in total. The van der Waals surface area contributed by atoms with Crippen molar-refractivity contribution < 1.29 is 14.3 Å². The SMILES string of the molecule is CC(Oc1nc(-c2ccc(N3CCN(C4COC4)CC3)cc2)cc2ncn(C3CC3)c12)C1CNC(=O)C1. The Morgan fingerprint density at radius 3 is 2.51 bits per heavy atom. The Kier molecular flexibility index (Phi) is 5.77. The van der Waals surface area contributed by atoms with Crippen molar-refractivity contribution in [2.45, 2.75) is 44.4 Å². The highest BCUT2D eigenvalue weighted by molar-refractivity contribution is 5.85. The predicted octanol–water partition coefficient (Wildman–Crippen LogP) is 2.86. The first kappa shape index (κ1) is 23.0. The molecule has 3 aliphatic heterocycles. The summed E-state index contributed by atoms with van der Waals surface area (Å²) in [5, 5.41) is 2.92. The Morgan fingerprint density at radius 2 is 1.86 bits per heavy atom. The number of carbonyl (C=O) groups is 1. The van der Waals surface area contributed by atoms with E-state index in [2.05, 4.69) is 50.0 Å².